The van der Waals surface area contributed by atoms with Crippen LogP contribution in [0, 0.1) is 5.82 Å². The van der Waals surface area contributed by atoms with Crippen LogP contribution in [0.25, 0.3) is 16.6 Å². The second-order valence-corrected chi connectivity index (χ2v) is 8.31. The zero-order chi connectivity index (χ0) is 21.8. The molecule has 1 N–H and O–H groups in total. The van der Waals surface area contributed by atoms with Gasteiger partial charge in [-0.1, -0.05) is 0 Å². The number of aromatic nitrogens is 2. The van der Waals surface area contributed by atoms with E-state index in [1.807, 2.05) is 0 Å². The van der Waals surface area contributed by atoms with Crippen molar-refractivity contribution in [3.05, 3.63) is 52.7 Å². The van der Waals surface area contributed by atoms with Crippen LogP contribution in [-0.4, -0.2) is 71.0 Å². The number of halogens is 1. The van der Waals surface area contributed by atoms with Gasteiger partial charge >= 0.3 is 0 Å². The molecule has 1 aromatic carbocycles. The summed E-state index contributed by atoms with van der Waals surface area (Å²) in [7, 11) is 2.14. The smallest absolute Gasteiger partial charge is 0.275 e. The maximum absolute atomic E-state index is 13.9. The predicted octanol–water partition coefficient (Wildman–Crippen LogP) is 1.93. The van der Waals surface area contributed by atoms with E-state index >= 15 is 0 Å². The Morgan fingerprint density at radius 1 is 1.03 bits per heavy atom. The van der Waals surface area contributed by atoms with E-state index in [0.717, 1.165) is 44.7 Å². The molecule has 1 fully saturated rings. The molecule has 3 heterocycles. The number of hydrogen-bond acceptors (Lipinski definition) is 4. The molecule has 0 saturated carbocycles. The van der Waals surface area contributed by atoms with E-state index in [0.29, 0.717) is 37.0 Å². The molecule has 166 valence electrons. The molecular weight excluding hydrogens is 397 g/mol. The molecule has 31 heavy (non-hydrogen) atoms. The average molecular weight is 428 g/mol. The van der Waals surface area contributed by atoms with E-state index in [9.17, 15) is 14.0 Å². The zero-order valence-electron chi connectivity index (χ0n) is 18.0. The molecule has 1 aliphatic heterocycles. The highest BCUT2D eigenvalue weighted by molar-refractivity contribution is 5.79. The van der Waals surface area contributed by atoms with Gasteiger partial charge in [0.05, 0.1) is 11.0 Å². The number of aryl methyl sites for hydroxylation is 1. The summed E-state index contributed by atoms with van der Waals surface area (Å²) in [5, 5.41) is 2.98. The number of nitrogens with one attached hydrogen (secondary N) is 1. The number of carbonyl (C=O) groups excluding carboxylic acids is 1. The van der Waals surface area contributed by atoms with Crippen LogP contribution in [0.1, 0.15) is 19.3 Å². The number of fused-ring (bicyclic) bond motifs is 3. The van der Waals surface area contributed by atoms with Crippen LogP contribution in [0.15, 0.2) is 41.3 Å². The molecule has 0 atom stereocenters. The molecule has 1 amide bonds. The van der Waals surface area contributed by atoms with E-state index in [1.165, 1.54) is 12.1 Å². The number of nitrogens with zero attached hydrogens (tertiary/aromatic N) is 4. The Bertz CT molecular complexity index is 1110. The molecule has 0 unspecified atom stereocenters. The maximum atomic E-state index is 13.9. The van der Waals surface area contributed by atoms with E-state index in [-0.39, 0.29) is 17.3 Å². The van der Waals surface area contributed by atoms with E-state index in [2.05, 4.69) is 22.2 Å². The van der Waals surface area contributed by atoms with E-state index < -0.39 is 0 Å². The summed E-state index contributed by atoms with van der Waals surface area (Å²) in [5.74, 6) is -0.393. The molecule has 0 bridgehead atoms. The van der Waals surface area contributed by atoms with Crippen LogP contribution in [-0.2, 0) is 11.3 Å². The summed E-state index contributed by atoms with van der Waals surface area (Å²) < 4.78 is 17.2. The molecule has 1 saturated heterocycles. The van der Waals surface area contributed by atoms with Gasteiger partial charge in [-0.3, -0.25) is 9.59 Å². The molecule has 0 spiro atoms. The summed E-state index contributed by atoms with van der Waals surface area (Å²) in [6.45, 7) is 6.39. The summed E-state index contributed by atoms with van der Waals surface area (Å²) in [6, 6.07) is 8.02. The SMILES string of the molecule is CN1CCN(CCCNC(=O)CCCn2c(=O)c3cccn3c3ccc(F)cc32)CC1. The summed E-state index contributed by atoms with van der Waals surface area (Å²) >= 11 is 0. The van der Waals surface area contributed by atoms with Gasteiger partial charge in [-0.05, 0) is 56.8 Å². The van der Waals surface area contributed by atoms with Gasteiger partial charge in [0.15, 0.2) is 0 Å². The van der Waals surface area contributed by atoms with Gasteiger partial charge in [0.1, 0.15) is 11.3 Å². The highest BCUT2D eigenvalue weighted by Crippen LogP contribution is 2.17. The fraction of sp³-hybridized carbons (Fsp3) is 0.478. The number of rotatable bonds is 8. The first kappa shape index (κ1) is 21.5. The Hall–Kier alpha value is -2.71. The Morgan fingerprint density at radius 3 is 2.65 bits per heavy atom. The van der Waals surface area contributed by atoms with Crippen molar-refractivity contribution in [1.29, 1.82) is 0 Å². The van der Waals surface area contributed by atoms with Gasteiger partial charge in [0.25, 0.3) is 5.56 Å². The zero-order valence-corrected chi connectivity index (χ0v) is 18.0. The number of benzene rings is 1. The largest absolute Gasteiger partial charge is 0.356 e. The lowest BCUT2D eigenvalue weighted by atomic mass is 10.2. The molecule has 0 radical (unpaired) electrons. The Labute approximate surface area is 181 Å². The third kappa shape index (κ3) is 4.97. The third-order valence-corrected chi connectivity index (χ3v) is 6.06. The van der Waals surface area contributed by atoms with Crippen LogP contribution in [0.5, 0.6) is 0 Å². The molecule has 1 aliphatic rings. The van der Waals surface area contributed by atoms with Gasteiger partial charge in [-0.25, -0.2) is 4.39 Å². The summed E-state index contributed by atoms with van der Waals surface area (Å²) in [6.07, 6.45) is 3.59. The highest BCUT2D eigenvalue weighted by atomic mass is 19.1. The fourth-order valence-electron chi connectivity index (χ4n) is 4.24. The standard InChI is InChI=1S/C23H30FN5O2/c1-26-13-15-27(16-14-26)10-4-9-25-22(30)6-3-12-29-21-17-18(24)7-8-19(21)28-11-2-5-20(28)23(29)31/h2,5,7-8,11,17H,3-4,6,9-10,12-16H2,1H3,(H,25,30). The van der Waals surface area contributed by atoms with E-state index in [4.69, 9.17) is 0 Å². The van der Waals surface area contributed by atoms with Crippen molar-refractivity contribution in [3.63, 3.8) is 0 Å². The Morgan fingerprint density at radius 2 is 1.84 bits per heavy atom. The van der Waals surface area contributed by atoms with Crippen molar-refractivity contribution in [2.45, 2.75) is 25.8 Å². The highest BCUT2D eigenvalue weighted by Gasteiger charge is 2.14. The van der Waals surface area contributed by atoms with E-state index in [1.54, 1.807) is 33.4 Å². The lowest BCUT2D eigenvalue weighted by Crippen LogP contribution is -2.45. The topological polar surface area (TPSA) is 62.0 Å². The lowest BCUT2D eigenvalue weighted by Gasteiger charge is -2.32. The number of carbonyl (C=O) groups is 1. The third-order valence-electron chi connectivity index (χ3n) is 6.06. The second-order valence-electron chi connectivity index (χ2n) is 8.31. The number of amides is 1. The van der Waals surface area contributed by atoms with Crippen molar-refractivity contribution >= 4 is 22.5 Å². The molecular formula is C23H30FN5O2. The molecule has 0 aliphatic carbocycles. The minimum atomic E-state index is -0.384. The second kappa shape index (κ2) is 9.62. The Balaban J connectivity index is 1.30. The van der Waals surface area contributed by atoms with Gasteiger partial charge in [0.2, 0.25) is 5.91 Å². The van der Waals surface area contributed by atoms with Crippen molar-refractivity contribution < 1.29 is 9.18 Å². The van der Waals surface area contributed by atoms with Gasteiger partial charge in [-0.2, -0.15) is 0 Å². The number of likely N-dealkylation sites (N-methyl/N-ethyl adjacent to an activating group) is 1. The molecule has 2 aromatic heterocycles. The first-order chi connectivity index (χ1) is 15.0. The van der Waals surface area contributed by atoms with Crippen LogP contribution < -0.4 is 10.9 Å². The normalized spacial score (nSPS) is 15.7. The summed E-state index contributed by atoms with van der Waals surface area (Å²) in [4.78, 5) is 29.9. The van der Waals surface area contributed by atoms with Gasteiger partial charge in [-0.15, -0.1) is 0 Å². The minimum absolute atomic E-state index is 0.00863. The average Bonchev–Trinajstić information content (AvgIpc) is 3.25. The van der Waals surface area contributed by atoms with Crippen molar-refractivity contribution in [1.82, 2.24) is 24.1 Å². The van der Waals surface area contributed by atoms with Crippen LogP contribution in [0.4, 0.5) is 4.39 Å². The lowest BCUT2D eigenvalue weighted by molar-refractivity contribution is -0.121. The number of hydrogen-bond donors (Lipinski definition) is 1. The predicted molar refractivity (Wildman–Crippen MR) is 120 cm³/mol. The van der Waals surface area contributed by atoms with Crippen molar-refractivity contribution in [2.24, 2.45) is 0 Å². The minimum Gasteiger partial charge on any atom is -0.356 e. The number of piperazine rings is 1. The molecule has 7 nitrogen and oxygen atoms in total. The van der Waals surface area contributed by atoms with Crippen LogP contribution in [0.2, 0.25) is 0 Å². The fourth-order valence-corrected chi connectivity index (χ4v) is 4.24. The molecule has 4 rings (SSSR count). The first-order valence-corrected chi connectivity index (χ1v) is 11.0. The monoisotopic (exact) mass is 427 g/mol. The van der Waals surface area contributed by atoms with Crippen LogP contribution >= 0.6 is 0 Å². The van der Waals surface area contributed by atoms with Gasteiger partial charge in [0, 0.05) is 51.9 Å². The van der Waals surface area contributed by atoms with Crippen LogP contribution in [0.3, 0.4) is 0 Å². The first-order valence-electron chi connectivity index (χ1n) is 11.0. The Kier molecular flexibility index (Phi) is 6.67. The molecule has 3 aromatic rings. The molecule has 8 heteroatoms. The van der Waals surface area contributed by atoms with Crippen molar-refractivity contribution in [2.75, 3.05) is 46.3 Å². The summed E-state index contributed by atoms with van der Waals surface area (Å²) in [5.41, 5.74) is 1.69. The quantitative estimate of drug-likeness (QED) is 0.558. The van der Waals surface area contributed by atoms with Gasteiger partial charge < -0.3 is 24.1 Å². The maximum Gasteiger partial charge on any atom is 0.275 e. The van der Waals surface area contributed by atoms with Crippen molar-refractivity contribution in [3.8, 4) is 0 Å².